The number of nitrogens with two attached hydrogens (primary N) is 1. The second-order valence-electron chi connectivity index (χ2n) is 3.45. The van der Waals surface area contributed by atoms with Crippen molar-refractivity contribution in [3.63, 3.8) is 0 Å². The summed E-state index contributed by atoms with van der Waals surface area (Å²) in [6, 6.07) is 7.65. The van der Waals surface area contributed by atoms with Crippen LogP contribution in [0.3, 0.4) is 0 Å². The summed E-state index contributed by atoms with van der Waals surface area (Å²) in [5.41, 5.74) is 7.63. The highest BCUT2D eigenvalue weighted by molar-refractivity contribution is 5.73. The van der Waals surface area contributed by atoms with Gasteiger partial charge in [-0.2, -0.15) is 0 Å². The monoisotopic (exact) mass is 215 g/mol. The summed E-state index contributed by atoms with van der Waals surface area (Å²) in [4.78, 5) is 8.27. The molecule has 2 rings (SSSR count). The van der Waals surface area contributed by atoms with Crippen molar-refractivity contribution in [1.29, 1.82) is 0 Å². The number of methoxy groups -OCH3 is 1. The number of nitrogens with zero attached hydrogens (tertiary/aromatic N) is 2. The van der Waals surface area contributed by atoms with Crippen molar-refractivity contribution in [2.24, 2.45) is 0 Å². The van der Waals surface area contributed by atoms with E-state index in [-0.39, 0.29) is 0 Å². The quantitative estimate of drug-likeness (QED) is 0.832. The standard InChI is InChI=1S/C12H13N3O/c1-8-14-7-11(12(13)15-8)9-4-3-5-10(6-9)16-2/h3-7H,1-2H3,(H2,13,14,15). The molecule has 0 saturated carbocycles. The van der Waals surface area contributed by atoms with Crippen LogP contribution in [0.15, 0.2) is 30.5 Å². The van der Waals surface area contributed by atoms with E-state index in [2.05, 4.69) is 9.97 Å². The maximum atomic E-state index is 5.85. The summed E-state index contributed by atoms with van der Waals surface area (Å²) in [6.45, 7) is 1.81. The van der Waals surface area contributed by atoms with Crippen LogP contribution in [0, 0.1) is 6.92 Å². The van der Waals surface area contributed by atoms with Gasteiger partial charge in [0.05, 0.1) is 7.11 Å². The van der Waals surface area contributed by atoms with E-state index in [1.54, 1.807) is 13.3 Å². The Balaban J connectivity index is 2.49. The Morgan fingerprint density at radius 1 is 1.31 bits per heavy atom. The molecule has 4 nitrogen and oxygen atoms in total. The van der Waals surface area contributed by atoms with Crippen LogP contribution in [-0.4, -0.2) is 17.1 Å². The maximum absolute atomic E-state index is 5.85. The van der Waals surface area contributed by atoms with Gasteiger partial charge in [0, 0.05) is 11.8 Å². The molecule has 1 heterocycles. The van der Waals surface area contributed by atoms with Gasteiger partial charge in [0.1, 0.15) is 17.4 Å². The molecule has 2 N–H and O–H groups in total. The lowest BCUT2D eigenvalue weighted by atomic mass is 10.1. The van der Waals surface area contributed by atoms with Gasteiger partial charge < -0.3 is 10.5 Å². The van der Waals surface area contributed by atoms with Crippen LogP contribution in [0.1, 0.15) is 5.82 Å². The zero-order valence-corrected chi connectivity index (χ0v) is 9.27. The van der Waals surface area contributed by atoms with Crippen molar-refractivity contribution in [3.05, 3.63) is 36.3 Å². The molecule has 0 atom stereocenters. The molecule has 0 aliphatic carbocycles. The van der Waals surface area contributed by atoms with E-state index in [1.807, 2.05) is 31.2 Å². The molecule has 0 spiro atoms. The van der Waals surface area contributed by atoms with Gasteiger partial charge in [-0.15, -0.1) is 0 Å². The summed E-state index contributed by atoms with van der Waals surface area (Å²) in [5.74, 6) is 1.95. The lowest BCUT2D eigenvalue weighted by Gasteiger charge is -2.06. The Kier molecular flexibility index (Phi) is 2.72. The largest absolute Gasteiger partial charge is 0.497 e. The van der Waals surface area contributed by atoms with Gasteiger partial charge in [0.15, 0.2) is 0 Å². The number of aryl methyl sites for hydroxylation is 1. The average Bonchev–Trinajstić information content (AvgIpc) is 2.29. The Labute approximate surface area is 94.1 Å². The minimum absolute atomic E-state index is 0.487. The SMILES string of the molecule is COc1cccc(-c2cnc(C)nc2N)c1. The maximum Gasteiger partial charge on any atom is 0.135 e. The summed E-state index contributed by atoms with van der Waals surface area (Å²) in [7, 11) is 1.63. The molecule has 1 aromatic carbocycles. The van der Waals surface area contributed by atoms with E-state index in [4.69, 9.17) is 10.5 Å². The van der Waals surface area contributed by atoms with E-state index in [0.29, 0.717) is 11.6 Å². The van der Waals surface area contributed by atoms with Crippen molar-refractivity contribution in [2.75, 3.05) is 12.8 Å². The minimum atomic E-state index is 0.487. The molecule has 0 radical (unpaired) electrons. The van der Waals surface area contributed by atoms with Crippen LogP contribution in [0.5, 0.6) is 5.75 Å². The summed E-state index contributed by atoms with van der Waals surface area (Å²) in [5, 5.41) is 0. The Morgan fingerprint density at radius 2 is 2.12 bits per heavy atom. The lowest BCUT2D eigenvalue weighted by Crippen LogP contribution is -1.98. The van der Waals surface area contributed by atoms with Crippen LogP contribution < -0.4 is 10.5 Å². The molecule has 0 fully saturated rings. The molecule has 16 heavy (non-hydrogen) atoms. The van der Waals surface area contributed by atoms with Crippen molar-refractivity contribution < 1.29 is 4.74 Å². The molecule has 0 saturated heterocycles. The second-order valence-corrected chi connectivity index (χ2v) is 3.45. The summed E-state index contributed by atoms with van der Waals surface area (Å²) < 4.78 is 5.16. The Bertz CT molecular complexity index is 511. The fourth-order valence-corrected chi connectivity index (χ4v) is 1.50. The smallest absolute Gasteiger partial charge is 0.135 e. The van der Waals surface area contributed by atoms with Crippen LogP contribution in [0.25, 0.3) is 11.1 Å². The fraction of sp³-hybridized carbons (Fsp3) is 0.167. The van der Waals surface area contributed by atoms with E-state index in [0.717, 1.165) is 16.9 Å². The van der Waals surface area contributed by atoms with Gasteiger partial charge in [-0.05, 0) is 24.6 Å². The first-order valence-corrected chi connectivity index (χ1v) is 4.94. The zero-order valence-electron chi connectivity index (χ0n) is 9.27. The van der Waals surface area contributed by atoms with Crippen LogP contribution >= 0.6 is 0 Å². The first-order chi connectivity index (χ1) is 7.70. The van der Waals surface area contributed by atoms with Gasteiger partial charge in [-0.3, -0.25) is 0 Å². The van der Waals surface area contributed by atoms with Gasteiger partial charge >= 0.3 is 0 Å². The predicted molar refractivity (Wildman–Crippen MR) is 63.2 cm³/mol. The van der Waals surface area contributed by atoms with Gasteiger partial charge in [0.25, 0.3) is 0 Å². The topological polar surface area (TPSA) is 61.0 Å². The Hall–Kier alpha value is -2.10. The molecular weight excluding hydrogens is 202 g/mol. The van der Waals surface area contributed by atoms with Crippen molar-refractivity contribution in [1.82, 2.24) is 9.97 Å². The van der Waals surface area contributed by atoms with Gasteiger partial charge in [0.2, 0.25) is 0 Å². The van der Waals surface area contributed by atoms with Gasteiger partial charge in [-0.25, -0.2) is 9.97 Å². The van der Waals surface area contributed by atoms with Crippen LogP contribution in [0.4, 0.5) is 5.82 Å². The third-order valence-electron chi connectivity index (χ3n) is 2.32. The van der Waals surface area contributed by atoms with E-state index >= 15 is 0 Å². The van der Waals surface area contributed by atoms with Gasteiger partial charge in [-0.1, -0.05) is 12.1 Å². The normalized spacial score (nSPS) is 10.1. The molecule has 0 aliphatic rings. The van der Waals surface area contributed by atoms with E-state index in [9.17, 15) is 0 Å². The highest BCUT2D eigenvalue weighted by atomic mass is 16.5. The third kappa shape index (κ3) is 1.95. The van der Waals surface area contributed by atoms with E-state index in [1.165, 1.54) is 0 Å². The third-order valence-corrected chi connectivity index (χ3v) is 2.32. The minimum Gasteiger partial charge on any atom is -0.497 e. The first-order valence-electron chi connectivity index (χ1n) is 4.94. The number of rotatable bonds is 2. The molecule has 0 aliphatic heterocycles. The second kappa shape index (κ2) is 4.18. The van der Waals surface area contributed by atoms with Crippen molar-refractivity contribution >= 4 is 5.82 Å². The number of aromatic nitrogens is 2. The fourth-order valence-electron chi connectivity index (χ4n) is 1.50. The average molecular weight is 215 g/mol. The molecule has 82 valence electrons. The molecule has 0 bridgehead atoms. The molecule has 0 amide bonds. The summed E-state index contributed by atoms with van der Waals surface area (Å²) >= 11 is 0. The number of hydrogen-bond acceptors (Lipinski definition) is 4. The molecule has 4 heteroatoms. The number of anilines is 1. The highest BCUT2D eigenvalue weighted by Crippen LogP contribution is 2.26. The summed E-state index contributed by atoms with van der Waals surface area (Å²) in [6.07, 6.45) is 1.73. The Morgan fingerprint density at radius 3 is 2.81 bits per heavy atom. The predicted octanol–water partition coefficient (Wildman–Crippen LogP) is 2.04. The van der Waals surface area contributed by atoms with Crippen LogP contribution in [-0.2, 0) is 0 Å². The van der Waals surface area contributed by atoms with Crippen molar-refractivity contribution in [3.8, 4) is 16.9 Å². The van der Waals surface area contributed by atoms with Crippen molar-refractivity contribution in [2.45, 2.75) is 6.92 Å². The number of nitrogen functional groups attached to an aromatic ring is 1. The first kappa shape index (κ1) is 10.4. The number of ether oxygens (including phenoxy) is 1. The lowest BCUT2D eigenvalue weighted by molar-refractivity contribution is 0.415. The van der Waals surface area contributed by atoms with E-state index < -0.39 is 0 Å². The van der Waals surface area contributed by atoms with Crippen LogP contribution in [0.2, 0.25) is 0 Å². The highest BCUT2D eigenvalue weighted by Gasteiger charge is 2.05. The number of hydrogen-bond donors (Lipinski definition) is 1. The molecule has 2 aromatic rings. The molecule has 1 aromatic heterocycles. The number of benzene rings is 1. The zero-order chi connectivity index (χ0) is 11.5. The molecule has 0 unspecified atom stereocenters. The molecular formula is C12H13N3O.